The van der Waals surface area contributed by atoms with Gasteiger partial charge in [-0.25, -0.2) is 4.98 Å². The fourth-order valence-corrected chi connectivity index (χ4v) is 5.02. The Hall–Kier alpha value is -3.15. The number of hydrogen-bond donors (Lipinski definition) is 2. The second kappa shape index (κ2) is 7.35. The Labute approximate surface area is 168 Å². The lowest BCUT2D eigenvalue weighted by Gasteiger charge is -2.21. The molecule has 2 aliphatic carbocycles. The minimum absolute atomic E-state index is 0.125. The van der Waals surface area contributed by atoms with E-state index < -0.39 is 0 Å². The van der Waals surface area contributed by atoms with Crippen molar-refractivity contribution in [1.82, 2.24) is 15.8 Å². The number of hydrazine groups is 1. The molecule has 29 heavy (non-hydrogen) atoms. The standard InChI is InChI=1S/C23H23N3O3/c27-22(12-16-11-14-7-8-15(16)10-14)25-26-23(28)18-13-20(21-6-3-9-29-21)24-19-5-2-1-4-17(18)19/h1-6,9,13-16H,7-8,10-12H2,(H,25,27)(H,26,28)/t14-,15-,16-/m0/s1. The highest BCUT2D eigenvalue weighted by Gasteiger charge is 2.40. The molecule has 0 unspecified atom stereocenters. The first-order valence-corrected chi connectivity index (χ1v) is 10.2. The van der Waals surface area contributed by atoms with Gasteiger partial charge in [0, 0.05) is 11.8 Å². The molecule has 2 aromatic heterocycles. The number of fused-ring (bicyclic) bond motifs is 3. The zero-order chi connectivity index (χ0) is 19.8. The van der Waals surface area contributed by atoms with Crippen molar-refractivity contribution in [2.45, 2.75) is 32.1 Å². The van der Waals surface area contributed by atoms with E-state index in [4.69, 9.17) is 4.42 Å². The van der Waals surface area contributed by atoms with Crippen LogP contribution < -0.4 is 10.9 Å². The summed E-state index contributed by atoms with van der Waals surface area (Å²) in [5, 5.41) is 0.725. The molecule has 0 radical (unpaired) electrons. The highest BCUT2D eigenvalue weighted by atomic mass is 16.3. The summed E-state index contributed by atoms with van der Waals surface area (Å²) in [6, 6.07) is 12.7. The van der Waals surface area contributed by atoms with Gasteiger partial charge in [0.15, 0.2) is 5.76 Å². The molecule has 3 atom stereocenters. The Kier molecular flexibility index (Phi) is 4.54. The molecule has 0 saturated heterocycles. The third-order valence-electron chi connectivity index (χ3n) is 6.38. The zero-order valence-electron chi connectivity index (χ0n) is 16.1. The predicted octanol–water partition coefficient (Wildman–Crippen LogP) is 4.08. The number of aromatic nitrogens is 1. The van der Waals surface area contributed by atoms with E-state index >= 15 is 0 Å². The number of carbonyl (C=O) groups excluding carboxylic acids is 2. The maximum atomic E-state index is 12.9. The van der Waals surface area contributed by atoms with Gasteiger partial charge in [-0.05, 0) is 61.3 Å². The lowest BCUT2D eigenvalue weighted by Crippen LogP contribution is -2.42. The first-order valence-electron chi connectivity index (χ1n) is 10.2. The van der Waals surface area contributed by atoms with Gasteiger partial charge in [0.1, 0.15) is 5.69 Å². The molecule has 0 aliphatic heterocycles. The van der Waals surface area contributed by atoms with Crippen molar-refractivity contribution in [3.05, 3.63) is 54.3 Å². The van der Waals surface area contributed by atoms with Crippen molar-refractivity contribution in [3.63, 3.8) is 0 Å². The molecule has 3 aromatic rings. The summed E-state index contributed by atoms with van der Waals surface area (Å²) in [5.74, 6) is 2.04. The number of nitrogens with zero attached hydrogens (tertiary/aromatic N) is 1. The maximum Gasteiger partial charge on any atom is 0.270 e. The summed E-state index contributed by atoms with van der Waals surface area (Å²) < 4.78 is 5.44. The number of nitrogens with one attached hydrogen (secondary N) is 2. The van der Waals surface area contributed by atoms with Crippen molar-refractivity contribution < 1.29 is 14.0 Å². The van der Waals surface area contributed by atoms with E-state index in [-0.39, 0.29) is 11.8 Å². The van der Waals surface area contributed by atoms with Gasteiger partial charge in [-0.3, -0.25) is 20.4 Å². The number of pyridine rings is 1. The molecule has 148 valence electrons. The van der Waals surface area contributed by atoms with Crippen LogP contribution in [0.25, 0.3) is 22.4 Å². The van der Waals surface area contributed by atoms with E-state index in [0.29, 0.717) is 40.8 Å². The van der Waals surface area contributed by atoms with Crippen molar-refractivity contribution in [2.24, 2.45) is 17.8 Å². The smallest absolute Gasteiger partial charge is 0.270 e. The van der Waals surface area contributed by atoms with Crippen molar-refractivity contribution in [1.29, 1.82) is 0 Å². The summed E-state index contributed by atoms with van der Waals surface area (Å²) in [4.78, 5) is 29.8. The Bertz CT molecular complexity index is 1060. The minimum Gasteiger partial charge on any atom is -0.463 e. The second-order valence-electron chi connectivity index (χ2n) is 8.19. The molecule has 2 saturated carbocycles. The van der Waals surface area contributed by atoms with E-state index in [2.05, 4.69) is 15.8 Å². The number of carbonyl (C=O) groups is 2. The van der Waals surface area contributed by atoms with E-state index in [1.165, 1.54) is 19.3 Å². The molecule has 1 aromatic carbocycles. The fourth-order valence-electron chi connectivity index (χ4n) is 5.02. The number of furan rings is 1. The molecule has 2 fully saturated rings. The molecule has 2 aliphatic rings. The minimum atomic E-state index is -0.363. The first-order chi connectivity index (χ1) is 14.2. The lowest BCUT2D eigenvalue weighted by molar-refractivity contribution is -0.123. The van der Waals surface area contributed by atoms with E-state index in [1.54, 1.807) is 24.5 Å². The van der Waals surface area contributed by atoms with Crippen LogP contribution in [0.2, 0.25) is 0 Å². The van der Waals surface area contributed by atoms with Crippen LogP contribution in [0.1, 0.15) is 42.5 Å². The van der Waals surface area contributed by atoms with Gasteiger partial charge in [0.25, 0.3) is 5.91 Å². The van der Waals surface area contributed by atoms with Crippen LogP contribution in [0.5, 0.6) is 0 Å². The summed E-state index contributed by atoms with van der Waals surface area (Å²) in [6.07, 6.45) is 7.02. The molecule has 2 N–H and O–H groups in total. The normalized spacial score (nSPS) is 22.7. The Balaban J connectivity index is 1.32. The third kappa shape index (κ3) is 3.50. The van der Waals surface area contributed by atoms with Gasteiger partial charge in [0.2, 0.25) is 5.91 Å². The summed E-state index contributed by atoms with van der Waals surface area (Å²) >= 11 is 0. The number of amides is 2. The van der Waals surface area contributed by atoms with Gasteiger partial charge in [-0.1, -0.05) is 24.6 Å². The number of benzene rings is 1. The Morgan fingerprint density at radius 3 is 2.72 bits per heavy atom. The van der Waals surface area contributed by atoms with Crippen LogP contribution in [0.4, 0.5) is 0 Å². The fraction of sp³-hybridized carbons (Fsp3) is 0.348. The molecular weight excluding hydrogens is 366 g/mol. The SMILES string of the molecule is O=C(C[C@@H]1C[C@H]2CC[C@H]1C2)NNC(=O)c1cc(-c2ccco2)nc2ccccc12. The van der Waals surface area contributed by atoms with Crippen molar-refractivity contribution in [2.75, 3.05) is 0 Å². The van der Waals surface area contributed by atoms with E-state index in [9.17, 15) is 9.59 Å². The monoisotopic (exact) mass is 389 g/mol. The van der Waals surface area contributed by atoms with Crippen LogP contribution in [0.15, 0.2) is 53.1 Å². The predicted molar refractivity (Wildman–Crippen MR) is 109 cm³/mol. The lowest BCUT2D eigenvalue weighted by atomic mass is 9.86. The summed E-state index contributed by atoms with van der Waals surface area (Å²) in [6.45, 7) is 0. The number of hydrogen-bond acceptors (Lipinski definition) is 4. The van der Waals surface area contributed by atoms with Crippen molar-refractivity contribution in [3.8, 4) is 11.5 Å². The molecule has 6 nitrogen and oxygen atoms in total. The molecule has 2 bridgehead atoms. The third-order valence-corrected chi connectivity index (χ3v) is 6.38. The van der Waals surface area contributed by atoms with E-state index in [0.717, 1.165) is 17.7 Å². The quantitative estimate of drug-likeness (QED) is 0.659. The Morgan fingerprint density at radius 1 is 1.07 bits per heavy atom. The maximum absolute atomic E-state index is 12.9. The number of rotatable bonds is 4. The van der Waals surface area contributed by atoms with Crippen LogP contribution in [-0.4, -0.2) is 16.8 Å². The average molecular weight is 389 g/mol. The van der Waals surface area contributed by atoms with Gasteiger partial charge in [0.05, 0.1) is 17.3 Å². The molecule has 2 heterocycles. The van der Waals surface area contributed by atoms with Gasteiger partial charge in [-0.15, -0.1) is 0 Å². The topological polar surface area (TPSA) is 84.2 Å². The van der Waals surface area contributed by atoms with Gasteiger partial charge < -0.3 is 4.42 Å². The first kappa shape index (κ1) is 17.9. The molecule has 2 amide bonds. The van der Waals surface area contributed by atoms with Gasteiger partial charge >= 0.3 is 0 Å². The van der Waals surface area contributed by atoms with Crippen LogP contribution in [0, 0.1) is 17.8 Å². The second-order valence-corrected chi connectivity index (χ2v) is 8.19. The highest BCUT2D eigenvalue weighted by molar-refractivity contribution is 6.07. The molecule has 6 heteroatoms. The van der Waals surface area contributed by atoms with E-state index in [1.807, 2.05) is 24.3 Å². The zero-order valence-corrected chi connectivity index (χ0v) is 16.1. The average Bonchev–Trinajstić information content (AvgIpc) is 3.49. The molecule has 0 spiro atoms. The molecule has 5 rings (SSSR count). The van der Waals surface area contributed by atoms with Gasteiger partial charge in [-0.2, -0.15) is 0 Å². The summed E-state index contributed by atoms with van der Waals surface area (Å²) in [5.41, 5.74) is 6.91. The van der Waals surface area contributed by atoms with Crippen LogP contribution >= 0.6 is 0 Å². The largest absolute Gasteiger partial charge is 0.463 e. The number of para-hydroxylation sites is 1. The highest BCUT2D eigenvalue weighted by Crippen LogP contribution is 2.49. The van der Waals surface area contributed by atoms with Crippen LogP contribution in [0.3, 0.4) is 0 Å². The Morgan fingerprint density at radius 2 is 1.97 bits per heavy atom. The van der Waals surface area contributed by atoms with Crippen molar-refractivity contribution >= 4 is 22.7 Å². The molecular formula is C23H23N3O3. The van der Waals surface area contributed by atoms with Crippen LogP contribution in [-0.2, 0) is 4.79 Å². The summed E-state index contributed by atoms with van der Waals surface area (Å²) in [7, 11) is 0.